The van der Waals surface area contributed by atoms with Crippen LogP contribution in [0.1, 0.15) is 41.0 Å². The smallest absolute Gasteiger partial charge is 0.0528 e. The van der Waals surface area contributed by atoms with Gasteiger partial charge in [-0.3, -0.25) is 0 Å². The molecule has 0 aromatic carbocycles. The Morgan fingerprint density at radius 2 is 1.78 bits per heavy atom. The summed E-state index contributed by atoms with van der Waals surface area (Å²) >= 11 is 0. The third kappa shape index (κ3) is 8.27. The first-order chi connectivity index (χ1) is 8.17. The van der Waals surface area contributed by atoms with Crippen LogP contribution in [-0.2, 0) is 0 Å². The maximum atomic E-state index is 3.61. The lowest BCUT2D eigenvalue weighted by atomic mass is 10.2. The molecule has 0 atom stereocenters. The molecule has 0 radical (unpaired) electrons. The largest absolute Gasteiger partial charge is 0.317 e. The van der Waals surface area contributed by atoms with E-state index in [0.29, 0.717) is 5.04 Å². The fourth-order valence-electron chi connectivity index (χ4n) is 1.77. The summed E-state index contributed by atoms with van der Waals surface area (Å²) in [6, 6.07) is 2.86. The zero-order chi connectivity index (χ0) is 14.2. The predicted octanol–water partition coefficient (Wildman–Crippen LogP) is 3.99. The van der Waals surface area contributed by atoms with Crippen molar-refractivity contribution in [3.63, 3.8) is 0 Å². The fraction of sp³-hybridized carbons (Fsp3) is 0.867. The minimum atomic E-state index is -1.04. The summed E-state index contributed by atoms with van der Waals surface area (Å²) in [6.07, 6.45) is 1.36. The third-order valence-electron chi connectivity index (χ3n) is 4.30. The average Bonchev–Trinajstić information content (AvgIpc) is 2.19. The second kappa shape index (κ2) is 8.33. The quantitative estimate of drug-likeness (QED) is 0.525. The molecule has 0 aliphatic heterocycles. The van der Waals surface area contributed by atoms with Crippen LogP contribution in [0, 0.1) is 0 Å². The Morgan fingerprint density at radius 3 is 2.28 bits per heavy atom. The van der Waals surface area contributed by atoms with E-state index >= 15 is 0 Å². The van der Waals surface area contributed by atoms with Crippen LogP contribution in [-0.4, -0.2) is 30.7 Å². The molecule has 0 saturated carbocycles. The van der Waals surface area contributed by atoms with Crippen molar-refractivity contribution in [3.05, 3.63) is 11.3 Å². The van der Waals surface area contributed by atoms with Gasteiger partial charge in [0.25, 0.3) is 0 Å². The molecule has 1 nitrogen and oxygen atoms in total. The SMILES string of the molecule is CC(C)=C[SiH2]CCNCCC[Si](C)(C)C(C)(C)C. The van der Waals surface area contributed by atoms with Gasteiger partial charge in [0.2, 0.25) is 0 Å². The molecule has 0 rings (SSSR count). The number of nitrogens with one attached hydrogen (secondary N) is 1. The van der Waals surface area contributed by atoms with Crippen LogP contribution in [0.5, 0.6) is 0 Å². The third-order valence-corrected chi connectivity index (χ3v) is 11.8. The Hall–Kier alpha value is 0.134. The molecule has 0 saturated heterocycles. The zero-order valence-electron chi connectivity index (χ0n) is 13.8. The van der Waals surface area contributed by atoms with E-state index in [2.05, 4.69) is 58.7 Å². The van der Waals surface area contributed by atoms with Gasteiger partial charge in [0.1, 0.15) is 0 Å². The van der Waals surface area contributed by atoms with Gasteiger partial charge in [-0.25, -0.2) is 0 Å². The van der Waals surface area contributed by atoms with Crippen LogP contribution in [0.15, 0.2) is 11.3 Å². The van der Waals surface area contributed by atoms with E-state index in [0.717, 1.165) is 0 Å². The van der Waals surface area contributed by atoms with E-state index < -0.39 is 8.07 Å². The molecule has 0 aromatic rings. The van der Waals surface area contributed by atoms with E-state index in [9.17, 15) is 0 Å². The maximum Gasteiger partial charge on any atom is 0.0528 e. The highest BCUT2D eigenvalue weighted by Crippen LogP contribution is 2.39. The van der Waals surface area contributed by atoms with Gasteiger partial charge in [-0.15, -0.1) is 5.70 Å². The molecule has 108 valence electrons. The molecule has 0 aromatic heterocycles. The first kappa shape index (κ1) is 18.1. The molecule has 0 bridgehead atoms. The van der Waals surface area contributed by atoms with Gasteiger partial charge in [0.05, 0.1) is 8.07 Å². The molecule has 0 amide bonds. The second-order valence-electron chi connectivity index (χ2n) is 7.41. The van der Waals surface area contributed by atoms with Crippen molar-refractivity contribution >= 4 is 17.6 Å². The van der Waals surface area contributed by atoms with E-state index in [1.807, 2.05) is 0 Å². The summed E-state index contributed by atoms with van der Waals surface area (Å²) in [7, 11) is -0.972. The van der Waals surface area contributed by atoms with Crippen LogP contribution in [0.2, 0.25) is 30.2 Å². The number of hydrogen-bond acceptors (Lipinski definition) is 1. The lowest BCUT2D eigenvalue weighted by Gasteiger charge is -2.37. The Balaban J connectivity index is 3.55. The molecule has 0 heterocycles. The van der Waals surface area contributed by atoms with Crippen LogP contribution in [0.3, 0.4) is 0 Å². The summed E-state index contributed by atoms with van der Waals surface area (Å²) in [5.41, 5.74) is 3.97. The summed E-state index contributed by atoms with van der Waals surface area (Å²) in [5, 5.41) is 4.16. The van der Waals surface area contributed by atoms with Crippen molar-refractivity contribution in [1.82, 2.24) is 5.32 Å². The summed E-state index contributed by atoms with van der Waals surface area (Å²) < 4.78 is 0. The number of allylic oxidation sites excluding steroid dienone is 1. The average molecular weight is 286 g/mol. The molecule has 0 aliphatic carbocycles. The van der Waals surface area contributed by atoms with Crippen molar-refractivity contribution in [1.29, 1.82) is 0 Å². The minimum Gasteiger partial charge on any atom is -0.317 e. The van der Waals surface area contributed by atoms with Gasteiger partial charge in [0.15, 0.2) is 0 Å². The first-order valence-electron chi connectivity index (χ1n) is 7.51. The highest BCUT2D eigenvalue weighted by atomic mass is 28.3. The molecule has 18 heavy (non-hydrogen) atoms. The van der Waals surface area contributed by atoms with Crippen molar-refractivity contribution in [2.75, 3.05) is 13.1 Å². The Labute approximate surface area is 119 Å². The lowest BCUT2D eigenvalue weighted by Crippen LogP contribution is -2.37. The Bertz CT molecular complexity index is 248. The molecule has 0 fully saturated rings. The van der Waals surface area contributed by atoms with Gasteiger partial charge in [-0.1, -0.05) is 45.5 Å². The molecule has 1 N–H and O–H groups in total. The number of rotatable bonds is 8. The van der Waals surface area contributed by atoms with Crippen molar-refractivity contribution < 1.29 is 0 Å². The van der Waals surface area contributed by atoms with Gasteiger partial charge >= 0.3 is 0 Å². The highest BCUT2D eigenvalue weighted by Gasteiger charge is 2.33. The van der Waals surface area contributed by atoms with Crippen LogP contribution in [0.4, 0.5) is 0 Å². The standard InChI is InChI=1S/C15H35NSi2/c1-14(2)13-17-11-10-16-9-8-12-18(6,7)15(3,4)5/h13,16H,8-12,17H2,1-7H3. The summed E-state index contributed by atoms with van der Waals surface area (Å²) in [5.74, 6) is 0. The monoisotopic (exact) mass is 285 g/mol. The molecule has 0 unspecified atom stereocenters. The summed E-state index contributed by atoms with van der Waals surface area (Å²) in [4.78, 5) is 0. The van der Waals surface area contributed by atoms with Gasteiger partial charge in [-0.2, -0.15) is 0 Å². The van der Waals surface area contributed by atoms with E-state index in [-0.39, 0.29) is 9.52 Å². The van der Waals surface area contributed by atoms with Crippen LogP contribution < -0.4 is 5.32 Å². The Kier molecular flexibility index (Phi) is 8.40. The van der Waals surface area contributed by atoms with E-state index in [1.165, 1.54) is 37.2 Å². The van der Waals surface area contributed by atoms with Gasteiger partial charge in [0, 0.05) is 9.52 Å². The zero-order valence-corrected chi connectivity index (χ0v) is 16.2. The van der Waals surface area contributed by atoms with E-state index in [4.69, 9.17) is 0 Å². The topological polar surface area (TPSA) is 12.0 Å². The van der Waals surface area contributed by atoms with Gasteiger partial charge < -0.3 is 5.32 Å². The predicted molar refractivity (Wildman–Crippen MR) is 92.3 cm³/mol. The molecule has 0 aliphatic rings. The fourth-order valence-corrected chi connectivity index (χ4v) is 4.82. The number of hydrogen-bond donors (Lipinski definition) is 1. The van der Waals surface area contributed by atoms with Crippen LogP contribution in [0.25, 0.3) is 0 Å². The second-order valence-corrected chi connectivity index (χ2v) is 14.9. The molecule has 0 spiro atoms. The van der Waals surface area contributed by atoms with Crippen molar-refractivity contribution in [3.8, 4) is 0 Å². The first-order valence-corrected chi connectivity index (χ1v) is 12.5. The Morgan fingerprint density at radius 1 is 1.17 bits per heavy atom. The van der Waals surface area contributed by atoms with Crippen LogP contribution >= 0.6 is 0 Å². The van der Waals surface area contributed by atoms with Crippen molar-refractivity contribution in [2.45, 2.75) is 71.3 Å². The van der Waals surface area contributed by atoms with Gasteiger partial charge in [-0.05, 0) is 44.4 Å². The lowest BCUT2D eigenvalue weighted by molar-refractivity contribution is 0.670. The maximum absolute atomic E-state index is 3.61. The minimum absolute atomic E-state index is 0.0639. The molecular formula is C15H35NSi2. The van der Waals surface area contributed by atoms with E-state index in [1.54, 1.807) is 0 Å². The molecule has 3 heteroatoms. The molecular weight excluding hydrogens is 250 g/mol. The normalized spacial score (nSPS) is 13.3. The van der Waals surface area contributed by atoms with Crippen molar-refractivity contribution in [2.24, 2.45) is 0 Å². The highest BCUT2D eigenvalue weighted by molar-refractivity contribution is 6.80. The summed E-state index contributed by atoms with van der Waals surface area (Å²) in [6.45, 7) is 19.2.